The van der Waals surface area contributed by atoms with Crippen LogP contribution in [0.25, 0.3) is 0 Å². The number of hydrogen-bond donors (Lipinski definition) is 1. The van der Waals surface area contributed by atoms with Crippen LogP contribution in [0, 0.1) is 6.92 Å². The summed E-state index contributed by atoms with van der Waals surface area (Å²) in [5, 5.41) is 13.1. The highest BCUT2D eigenvalue weighted by Crippen LogP contribution is 2.21. The van der Waals surface area contributed by atoms with E-state index in [9.17, 15) is 13.2 Å². The third-order valence-electron chi connectivity index (χ3n) is 3.40. The molecule has 0 aliphatic rings. The first-order valence-electron chi connectivity index (χ1n) is 6.35. The second kappa shape index (κ2) is 5.69. The summed E-state index contributed by atoms with van der Waals surface area (Å²) in [5.41, 5.74) is 1.09. The zero-order chi connectivity index (χ0) is 15.6. The zero-order valence-electron chi connectivity index (χ0n) is 11.8. The van der Waals surface area contributed by atoms with Crippen LogP contribution >= 0.6 is 0 Å². The molecule has 0 amide bonds. The molecule has 0 saturated carbocycles. The van der Waals surface area contributed by atoms with Crippen molar-refractivity contribution in [3.05, 3.63) is 47.3 Å². The largest absolute Gasteiger partial charge is 0.478 e. The third kappa shape index (κ3) is 3.13. The Balaban J connectivity index is 2.30. The van der Waals surface area contributed by atoms with Crippen molar-refractivity contribution < 1.29 is 18.3 Å². The molecular weight excluding hydrogens is 292 g/mol. The van der Waals surface area contributed by atoms with Crippen LogP contribution < -0.4 is 0 Å². The lowest BCUT2D eigenvalue weighted by atomic mass is 10.1. The van der Waals surface area contributed by atoms with Crippen molar-refractivity contribution in [2.45, 2.75) is 18.2 Å². The highest BCUT2D eigenvalue weighted by molar-refractivity contribution is 7.91. The lowest BCUT2D eigenvalue weighted by Crippen LogP contribution is -2.14. The molecular formula is C14H16N2O4S. The second-order valence-electron chi connectivity index (χ2n) is 4.75. The fourth-order valence-electron chi connectivity index (χ4n) is 2.18. The van der Waals surface area contributed by atoms with E-state index in [-0.39, 0.29) is 21.8 Å². The van der Waals surface area contributed by atoms with Crippen molar-refractivity contribution in [1.29, 1.82) is 0 Å². The van der Waals surface area contributed by atoms with Gasteiger partial charge in [-0.2, -0.15) is 5.10 Å². The van der Waals surface area contributed by atoms with Gasteiger partial charge < -0.3 is 5.11 Å². The lowest BCUT2D eigenvalue weighted by molar-refractivity contribution is 0.0696. The third-order valence-corrected chi connectivity index (χ3v) is 5.25. The first kappa shape index (κ1) is 15.2. The number of nitrogens with zero attached hydrogens (tertiary/aromatic N) is 2. The molecule has 1 N–H and O–H groups in total. The van der Waals surface area contributed by atoms with E-state index in [1.807, 2.05) is 0 Å². The average Bonchev–Trinajstić information content (AvgIpc) is 2.82. The first-order chi connectivity index (χ1) is 9.83. The standard InChI is InChI=1S/C14H16N2O4S/c1-10-12(14(17)18)4-3-5-13(10)21(19,20)9-7-11-6-8-15-16(11)2/h3-6,8H,7,9H2,1-2H3,(H,17,18). The smallest absolute Gasteiger partial charge is 0.335 e. The van der Waals surface area contributed by atoms with Crippen LogP contribution in [0.2, 0.25) is 0 Å². The Bertz CT molecular complexity index is 778. The van der Waals surface area contributed by atoms with Crippen LogP contribution in [0.4, 0.5) is 0 Å². The molecule has 0 radical (unpaired) electrons. The number of carbonyl (C=O) groups is 1. The van der Waals surface area contributed by atoms with Gasteiger partial charge in [0.2, 0.25) is 0 Å². The Labute approximate surface area is 123 Å². The SMILES string of the molecule is Cc1c(C(=O)O)cccc1S(=O)(=O)CCc1ccnn1C. The minimum absolute atomic E-state index is 0.0107. The van der Waals surface area contributed by atoms with Crippen LogP contribution in [0.15, 0.2) is 35.4 Å². The molecule has 6 nitrogen and oxygen atoms in total. The minimum atomic E-state index is -3.54. The molecule has 0 unspecified atom stereocenters. The molecule has 7 heteroatoms. The molecule has 0 spiro atoms. The van der Waals surface area contributed by atoms with Crippen molar-refractivity contribution in [3.8, 4) is 0 Å². The predicted molar refractivity (Wildman–Crippen MR) is 77.1 cm³/mol. The molecule has 1 aromatic heterocycles. The zero-order valence-corrected chi connectivity index (χ0v) is 12.6. The van der Waals surface area contributed by atoms with E-state index in [4.69, 9.17) is 5.11 Å². The fourth-order valence-corrected chi connectivity index (χ4v) is 3.74. The molecule has 0 fully saturated rings. The van der Waals surface area contributed by atoms with E-state index in [2.05, 4.69) is 5.10 Å². The van der Waals surface area contributed by atoms with E-state index in [0.29, 0.717) is 6.42 Å². The number of aromatic nitrogens is 2. The van der Waals surface area contributed by atoms with Crippen LogP contribution in [-0.2, 0) is 23.3 Å². The van der Waals surface area contributed by atoms with Gasteiger partial charge in [0.05, 0.1) is 16.2 Å². The number of aryl methyl sites for hydroxylation is 2. The monoisotopic (exact) mass is 308 g/mol. The molecule has 0 aliphatic carbocycles. The molecule has 112 valence electrons. The topological polar surface area (TPSA) is 89.3 Å². The van der Waals surface area contributed by atoms with Crippen molar-refractivity contribution >= 4 is 15.8 Å². The Morgan fingerprint density at radius 2 is 2.05 bits per heavy atom. The van der Waals surface area contributed by atoms with Gasteiger partial charge in [-0.15, -0.1) is 0 Å². The number of aromatic carboxylic acids is 1. The highest BCUT2D eigenvalue weighted by Gasteiger charge is 2.21. The maximum absolute atomic E-state index is 12.4. The summed E-state index contributed by atoms with van der Waals surface area (Å²) < 4.78 is 26.4. The van der Waals surface area contributed by atoms with Gasteiger partial charge in [-0.05, 0) is 30.7 Å². The number of sulfone groups is 1. The van der Waals surface area contributed by atoms with Gasteiger partial charge in [-0.3, -0.25) is 4.68 Å². The van der Waals surface area contributed by atoms with Gasteiger partial charge in [0.1, 0.15) is 0 Å². The molecule has 0 saturated heterocycles. The van der Waals surface area contributed by atoms with Gasteiger partial charge in [-0.25, -0.2) is 13.2 Å². The molecule has 1 heterocycles. The number of carboxylic acids is 1. The number of benzene rings is 1. The van der Waals surface area contributed by atoms with Gasteiger partial charge >= 0.3 is 5.97 Å². The van der Waals surface area contributed by atoms with Crippen molar-refractivity contribution in [3.63, 3.8) is 0 Å². The molecule has 0 bridgehead atoms. The number of rotatable bonds is 5. The predicted octanol–water partition coefficient (Wildman–Crippen LogP) is 1.44. The normalized spacial score (nSPS) is 11.5. The quantitative estimate of drug-likeness (QED) is 0.903. The Morgan fingerprint density at radius 3 is 2.62 bits per heavy atom. The van der Waals surface area contributed by atoms with E-state index in [1.54, 1.807) is 24.0 Å². The van der Waals surface area contributed by atoms with Crippen molar-refractivity contribution in [2.75, 3.05) is 5.75 Å². The molecule has 0 atom stereocenters. The summed E-state index contributed by atoms with van der Waals surface area (Å²) >= 11 is 0. The van der Waals surface area contributed by atoms with Gasteiger partial charge in [-0.1, -0.05) is 6.07 Å². The van der Waals surface area contributed by atoms with Crippen molar-refractivity contribution in [1.82, 2.24) is 9.78 Å². The highest BCUT2D eigenvalue weighted by atomic mass is 32.2. The van der Waals surface area contributed by atoms with Gasteiger partial charge in [0.15, 0.2) is 9.84 Å². The number of carboxylic acid groups (broad SMARTS) is 1. The maximum atomic E-state index is 12.4. The van der Waals surface area contributed by atoms with Crippen LogP contribution in [0.3, 0.4) is 0 Å². The minimum Gasteiger partial charge on any atom is -0.478 e. The Morgan fingerprint density at radius 1 is 1.33 bits per heavy atom. The summed E-state index contributed by atoms with van der Waals surface area (Å²) in [6.45, 7) is 1.51. The Kier molecular flexibility index (Phi) is 4.13. The summed E-state index contributed by atoms with van der Waals surface area (Å²) in [4.78, 5) is 11.2. The van der Waals surface area contributed by atoms with E-state index < -0.39 is 15.8 Å². The van der Waals surface area contributed by atoms with Gasteiger partial charge in [0.25, 0.3) is 0 Å². The van der Waals surface area contributed by atoms with Crippen LogP contribution in [-0.4, -0.2) is 35.0 Å². The summed E-state index contributed by atoms with van der Waals surface area (Å²) in [6, 6.07) is 6.06. The first-order valence-corrected chi connectivity index (χ1v) is 8.00. The van der Waals surface area contributed by atoms with Gasteiger partial charge in [0, 0.05) is 25.4 Å². The summed E-state index contributed by atoms with van der Waals surface area (Å²) in [5.74, 6) is -1.22. The molecule has 1 aromatic carbocycles. The maximum Gasteiger partial charge on any atom is 0.335 e. The molecule has 0 aliphatic heterocycles. The Hall–Kier alpha value is -2.15. The average molecular weight is 308 g/mol. The molecule has 21 heavy (non-hydrogen) atoms. The van der Waals surface area contributed by atoms with E-state index in [1.165, 1.54) is 25.1 Å². The fraction of sp³-hybridized carbons (Fsp3) is 0.286. The van der Waals surface area contributed by atoms with Crippen LogP contribution in [0.1, 0.15) is 21.6 Å². The molecule has 2 aromatic rings. The molecule has 2 rings (SSSR count). The van der Waals surface area contributed by atoms with Crippen molar-refractivity contribution in [2.24, 2.45) is 7.05 Å². The van der Waals surface area contributed by atoms with E-state index >= 15 is 0 Å². The van der Waals surface area contributed by atoms with E-state index in [0.717, 1.165) is 5.69 Å². The lowest BCUT2D eigenvalue weighted by Gasteiger charge is -2.10. The summed E-state index contributed by atoms with van der Waals surface area (Å²) in [6.07, 6.45) is 1.94. The van der Waals surface area contributed by atoms with Crippen LogP contribution in [0.5, 0.6) is 0 Å². The number of hydrogen-bond acceptors (Lipinski definition) is 4. The second-order valence-corrected chi connectivity index (χ2v) is 6.83. The summed E-state index contributed by atoms with van der Waals surface area (Å²) in [7, 11) is -1.80.